The molecule has 2 saturated carbocycles. The van der Waals surface area contributed by atoms with Crippen molar-refractivity contribution in [2.75, 3.05) is 12.0 Å². The minimum atomic E-state index is 0.353. The number of nitrogen functional groups attached to an aromatic ring is 1. The third kappa shape index (κ3) is 4.57. The highest BCUT2D eigenvalue weighted by atomic mass is 32.2. The second-order valence-corrected chi connectivity index (χ2v) is 7.63. The summed E-state index contributed by atoms with van der Waals surface area (Å²) in [5.41, 5.74) is 5.87. The molecule has 0 atom stereocenters. The molecule has 5 nitrogen and oxygen atoms in total. The van der Waals surface area contributed by atoms with Crippen LogP contribution in [0.1, 0.15) is 70.0 Å². The van der Waals surface area contributed by atoms with Gasteiger partial charge in [-0.25, -0.2) is 4.98 Å². The molecular formula is C17H29N5S. The highest BCUT2D eigenvalue weighted by Crippen LogP contribution is 2.31. The fourth-order valence-electron chi connectivity index (χ4n) is 4.12. The number of nitrogens with zero attached hydrogens (tertiary/aromatic N) is 4. The lowest BCUT2D eigenvalue weighted by atomic mass is 9.88. The summed E-state index contributed by atoms with van der Waals surface area (Å²) >= 11 is 1.53. The molecule has 0 spiro atoms. The zero-order valence-corrected chi connectivity index (χ0v) is 15.0. The average molecular weight is 336 g/mol. The van der Waals surface area contributed by atoms with Crippen LogP contribution in [-0.2, 0) is 6.54 Å². The Morgan fingerprint density at radius 2 is 1.48 bits per heavy atom. The van der Waals surface area contributed by atoms with Crippen LogP contribution in [0.25, 0.3) is 0 Å². The molecule has 0 aromatic carbocycles. The van der Waals surface area contributed by atoms with Crippen LogP contribution in [0.15, 0.2) is 5.16 Å². The largest absolute Gasteiger partial charge is 0.368 e. The third-order valence-electron chi connectivity index (χ3n) is 5.27. The van der Waals surface area contributed by atoms with Gasteiger partial charge in [-0.2, -0.15) is 9.97 Å². The van der Waals surface area contributed by atoms with Crippen LogP contribution in [0, 0.1) is 0 Å². The van der Waals surface area contributed by atoms with Crippen LogP contribution < -0.4 is 5.73 Å². The Morgan fingerprint density at radius 1 is 0.913 bits per heavy atom. The van der Waals surface area contributed by atoms with Gasteiger partial charge in [0, 0.05) is 12.1 Å². The van der Waals surface area contributed by atoms with E-state index in [0.29, 0.717) is 18.0 Å². The van der Waals surface area contributed by atoms with Crippen LogP contribution >= 0.6 is 11.8 Å². The molecule has 0 unspecified atom stereocenters. The summed E-state index contributed by atoms with van der Waals surface area (Å²) in [5, 5.41) is 0.736. The molecule has 0 bridgehead atoms. The van der Waals surface area contributed by atoms with Crippen molar-refractivity contribution in [2.45, 2.75) is 88.0 Å². The zero-order chi connectivity index (χ0) is 16.1. The van der Waals surface area contributed by atoms with Crippen molar-refractivity contribution in [3.05, 3.63) is 5.82 Å². The fourth-order valence-corrected chi connectivity index (χ4v) is 4.50. The highest BCUT2D eigenvalue weighted by Gasteiger charge is 2.29. The maximum absolute atomic E-state index is 5.87. The standard InChI is InChI=1S/C17H29N5S/c1-23-17-20-15(19-16(18)21-17)12-22(13-8-4-2-5-9-13)14-10-6-3-7-11-14/h13-14H,2-12H2,1H3,(H2,18,19,20,21). The van der Waals surface area contributed by atoms with Gasteiger partial charge in [-0.1, -0.05) is 50.3 Å². The number of hydrogen-bond donors (Lipinski definition) is 1. The lowest BCUT2D eigenvalue weighted by Gasteiger charge is -2.41. The Labute approximate surface area is 143 Å². The van der Waals surface area contributed by atoms with E-state index in [1.54, 1.807) is 0 Å². The summed E-state index contributed by atoms with van der Waals surface area (Å²) < 4.78 is 0. The monoisotopic (exact) mass is 335 g/mol. The molecule has 2 aliphatic rings. The Bertz CT molecular complexity index is 480. The molecule has 23 heavy (non-hydrogen) atoms. The van der Waals surface area contributed by atoms with Gasteiger partial charge in [-0.3, -0.25) is 4.90 Å². The van der Waals surface area contributed by atoms with Crippen LogP contribution in [0.5, 0.6) is 0 Å². The van der Waals surface area contributed by atoms with Gasteiger partial charge in [0.1, 0.15) is 5.82 Å². The van der Waals surface area contributed by atoms with Gasteiger partial charge >= 0.3 is 0 Å². The predicted molar refractivity (Wildman–Crippen MR) is 95.3 cm³/mol. The second-order valence-electron chi connectivity index (χ2n) is 6.85. The van der Waals surface area contributed by atoms with Crippen LogP contribution in [0.4, 0.5) is 5.95 Å². The lowest BCUT2D eigenvalue weighted by Crippen LogP contribution is -2.45. The molecule has 0 amide bonds. The first kappa shape index (κ1) is 17.0. The Balaban J connectivity index is 1.78. The Hall–Kier alpha value is -0.880. The second kappa shape index (κ2) is 8.29. The molecule has 1 aromatic heterocycles. The Kier molecular flexibility index (Phi) is 6.11. The minimum Gasteiger partial charge on any atom is -0.368 e. The summed E-state index contributed by atoms with van der Waals surface area (Å²) in [7, 11) is 0. The number of thioether (sulfide) groups is 1. The first-order valence-corrected chi connectivity index (χ1v) is 10.3. The number of hydrogen-bond acceptors (Lipinski definition) is 6. The smallest absolute Gasteiger partial charge is 0.224 e. The van der Waals surface area contributed by atoms with Crippen LogP contribution in [0.2, 0.25) is 0 Å². The molecule has 0 radical (unpaired) electrons. The van der Waals surface area contributed by atoms with Crippen LogP contribution in [-0.4, -0.2) is 38.2 Å². The SMILES string of the molecule is CSc1nc(N)nc(CN(C2CCCCC2)C2CCCCC2)n1. The van der Waals surface area contributed by atoms with Gasteiger partial charge in [-0.15, -0.1) is 0 Å². The molecular weight excluding hydrogens is 306 g/mol. The molecule has 0 saturated heterocycles. The van der Waals surface area contributed by atoms with Gasteiger partial charge in [0.05, 0.1) is 6.54 Å². The van der Waals surface area contributed by atoms with E-state index in [1.807, 2.05) is 6.26 Å². The van der Waals surface area contributed by atoms with E-state index < -0.39 is 0 Å². The van der Waals surface area contributed by atoms with Crippen molar-refractivity contribution in [3.8, 4) is 0 Å². The van der Waals surface area contributed by atoms with E-state index in [0.717, 1.165) is 17.5 Å². The molecule has 1 aromatic rings. The van der Waals surface area contributed by atoms with Crippen molar-refractivity contribution < 1.29 is 0 Å². The summed E-state index contributed by atoms with van der Waals surface area (Å²) in [6, 6.07) is 1.39. The first-order chi connectivity index (χ1) is 11.3. The van der Waals surface area contributed by atoms with E-state index in [9.17, 15) is 0 Å². The number of rotatable bonds is 5. The maximum atomic E-state index is 5.87. The van der Waals surface area contributed by atoms with Gasteiger partial charge in [0.2, 0.25) is 5.95 Å². The summed E-state index contributed by atoms with van der Waals surface area (Å²) in [5.74, 6) is 1.20. The summed E-state index contributed by atoms with van der Waals surface area (Å²) in [4.78, 5) is 15.9. The average Bonchev–Trinajstić information content (AvgIpc) is 2.60. The molecule has 1 heterocycles. The normalized spacial score (nSPS) is 21.0. The third-order valence-corrected chi connectivity index (χ3v) is 5.82. The van der Waals surface area contributed by atoms with E-state index >= 15 is 0 Å². The maximum Gasteiger partial charge on any atom is 0.224 e. The molecule has 3 rings (SSSR count). The van der Waals surface area contributed by atoms with Crippen molar-refractivity contribution in [1.29, 1.82) is 0 Å². The minimum absolute atomic E-state index is 0.353. The van der Waals surface area contributed by atoms with Gasteiger partial charge in [-0.05, 0) is 31.9 Å². The molecule has 2 N–H and O–H groups in total. The van der Waals surface area contributed by atoms with Crippen LogP contribution in [0.3, 0.4) is 0 Å². The van der Waals surface area contributed by atoms with Gasteiger partial charge in [0.15, 0.2) is 5.16 Å². The molecule has 128 valence electrons. The van der Waals surface area contributed by atoms with E-state index in [2.05, 4.69) is 19.9 Å². The first-order valence-electron chi connectivity index (χ1n) is 9.06. The van der Waals surface area contributed by atoms with Crippen molar-refractivity contribution in [1.82, 2.24) is 19.9 Å². The van der Waals surface area contributed by atoms with Gasteiger partial charge < -0.3 is 5.73 Å². The predicted octanol–water partition coefficient (Wildman–Crippen LogP) is 3.64. The number of aromatic nitrogens is 3. The molecule has 6 heteroatoms. The van der Waals surface area contributed by atoms with Crippen molar-refractivity contribution in [3.63, 3.8) is 0 Å². The zero-order valence-electron chi connectivity index (χ0n) is 14.2. The quantitative estimate of drug-likeness (QED) is 0.829. The van der Waals surface area contributed by atoms with Crippen molar-refractivity contribution >= 4 is 17.7 Å². The van der Waals surface area contributed by atoms with E-state index in [-0.39, 0.29) is 0 Å². The van der Waals surface area contributed by atoms with Gasteiger partial charge in [0.25, 0.3) is 0 Å². The molecule has 2 aliphatic carbocycles. The molecule has 0 aliphatic heterocycles. The summed E-state index contributed by atoms with van der Waals surface area (Å²) in [6.45, 7) is 0.829. The number of nitrogens with two attached hydrogens (primary N) is 1. The Morgan fingerprint density at radius 3 is 2.00 bits per heavy atom. The van der Waals surface area contributed by atoms with Crippen molar-refractivity contribution in [2.24, 2.45) is 0 Å². The fraction of sp³-hybridized carbons (Fsp3) is 0.824. The summed E-state index contributed by atoms with van der Waals surface area (Å²) in [6.07, 6.45) is 15.5. The number of anilines is 1. The van der Waals surface area contributed by atoms with E-state index in [1.165, 1.54) is 76.0 Å². The molecule has 2 fully saturated rings. The highest BCUT2D eigenvalue weighted by molar-refractivity contribution is 7.98. The topological polar surface area (TPSA) is 67.9 Å². The lowest BCUT2D eigenvalue weighted by molar-refractivity contribution is 0.0702. The van der Waals surface area contributed by atoms with E-state index in [4.69, 9.17) is 5.73 Å².